The van der Waals surface area contributed by atoms with Crippen molar-refractivity contribution in [3.8, 4) is 0 Å². The van der Waals surface area contributed by atoms with Crippen molar-refractivity contribution < 1.29 is 9.59 Å². The normalized spacial score (nSPS) is 28.5. The van der Waals surface area contributed by atoms with Crippen LogP contribution < -0.4 is 5.32 Å². The number of anilines is 1. The summed E-state index contributed by atoms with van der Waals surface area (Å²) in [6.45, 7) is 9.14. The van der Waals surface area contributed by atoms with Gasteiger partial charge in [0.2, 0.25) is 5.91 Å². The third-order valence-corrected chi connectivity index (χ3v) is 4.99. The van der Waals surface area contributed by atoms with Gasteiger partial charge < -0.3 is 10.2 Å². The molecule has 0 radical (unpaired) electrons. The van der Waals surface area contributed by atoms with E-state index in [9.17, 15) is 9.59 Å². The molecule has 2 aliphatic rings. The molecule has 1 saturated carbocycles. The van der Waals surface area contributed by atoms with Crippen molar-refractivity contribution in [2.75, 3.05) is 11.9 Å². The first kappa shape index (κ1) is 16.0. The Morgan fingerprint density at radius 1 is 1.30 bits per heavy atom. The molecule has 2 fully saturated rings. The number of carbonyl (C=O) groups excluding carboxylic acids is 2. The summed E-state index contributed by atoms with van der Waals surface area (Å²) in [7, 11) is 0. The Balaban J connectivity index is 1.83. The fraction of sp³-hybridized carbons (Fsp3) is 0.611. The molecule has 0 aromatic carbocycles. The lowest BCUT2D eigenvalue weighted by atomic mass is 9.65. The van der Waals surface area contributed by atoms with E-state index >= 15 is 0 Å². The number of nitrogens with zero attached hydrogens (tertiary/aromatic N) is 2. The minimum absolute atomic E-state index is 0.0467. The van der Waals surface area contributed by atoms with Gasteiger partial charge in [0.05, 0.1) is 0 Å². The zero-order valence-electron chi connectivity index (χ0n) is 14.3. The van der Waals surface area contributed by atoms with Crippen LogP contribution in [0.15, 0.2) is 18.3 Å². The number of fused-ring (bicyclic) bond motifs is 2. The van der Waals surface area contributed by atoms with Crippen molar-refractivity contribution >= 4 is 17.6 Å². The lowest BCUT2D eigenvalue weighted by molar-refractivity contribution is -0.114. The number of likely N-dealkylation sites (tertiary alicyclic amines) is 1. The molecule has 1 N–H and O–H groups in total. The number of hydrogen-bond donors (Lipinski definition) is 1. The number of aromatic nitrogens is 1. The second-order valence-electron chi connectivity index (χ2n) is 8.26. The lowest BCUT2D eigenvalue weighted by Crippen LogP contribution is -2.37. The maximum Gasteiger partial charge on any atom is 0.254 e. The smallest absolute Gasteiger partial charge is 0.254 e. The van der Waals surface area contributed by atoms with Crippen LogP contribution in [0, 0.1) is 10.8 Å². The molecule has 2 heterocycles. The lowest BCUT2D eigenvalue weighted by Gasteiger charge is -2.39. The van der Waals surface area contributed by atoms with Crippen LogP contribution in [-0.4, -0.2) is 34.3 Å². The Morgan fingerprint density at radius 3 is 2.74 bits per heavy atom. The Labute approximate surface area is 137 Å². The Morgan fingerprint density at radius 2 is 2.04 bits per heavy atom. The van der Waals surface area contributed by atoms with Crippen LogP contribution in [0.2, 0.25) is 0 Å². The van der Waals surface area contributed by atoms with Gasteiger partial charge in [-0.15, -0.1) is 0 Å². The summed E-state index contributed by atoms with van der Waals surface area (Å²) in [6.07, 6.45) is 4.88. The average Bonchev–Trinajstić information content (AvgIpc) is 2.66. The van der Waals surface area contributed by atoms with Crippen molar-refractivity contribution in [3.05, 3.63) is 23.9 Å². The third kappa shape index (κ3) is 3.23. The predicted molar refractivity (Wildman–Crippen MR) is 89.1 cm³/mol. The van der Waals surface area contributed by atoms with Gasteiger partial charge in [-0.3, -0.25) is 9.59 Å². The fourth-order valence-corrected chi connectivity index (χ4v) is 4.68. The molecule has 5 heteroatoms. The number of carbonyl (C=O) groups is 2. The zero-order valence-corrected chi connectivity index (χ0v) is 14.3. The summed E-state index contributed by atoms with van der Waals surface area (Å²) in [5, 5.41) is 2.64. The highest BCUT2D eigenvalue weighted by molar-refractivity contribution is 5.96. The van der Waals surface area contributed by atoms with Gasteiger partial charge in [-0.25, -0.2) is 4.98 Å². The quantitative estimate of drug-likeness (QED) is 0.912. The van der Waals surface area contributed by atoms with E-state index < -0.39 is 0 Å². The van der Waals surface area contributed by atoms with Crippen LogP contribution in [0.5, 0.6) is 0 Å². The van der Waals surface area contributed by atoms with Crippen molar-refractivity contribution in [1.82, 2.24) is 9.88 Å². The molecule has 2 bridgehead atoms. The van der Waals surface area contributed by atoms with Gasteiger partial charge in [-0.05, 0) is 42.2 Å². The molecule has 5 nitrogen and oxygen atoms in total. The molecule has 2 unspecified atom stereocenters. The molecule has 1 aromatic rings. The molecular formula is C18H25N3O2. The topological polar surface area (TPSA) is 62.3 Å². The van der Waals surface area contributed by atoms with Crippen molar-refractivity contribution in [3.63, 3.8) is 0 Å². The summed E-state index contributed by atoms with van der Waals surface area (Å²) in [5.74, 6) is 0.288. The van der Waals surface area contributed by atoms with Gasteiger partial charge in [0.1, 0.15) is 5.82 Å². The van der Waals surface area contributed by atoms with E-state index in [2.05, 4.69) is 31.1 Å². The van der Waals surface area contributed by atoms with Crippen molar-refractivity contribution in [2.45, 2.75) is 53.0 Å². The summed E-state index contributed by atoms with van der Waals surface area (Å²) >= 11 is 0. The fourth-order valence-electron chi connectivity index (χ4n) is 4.68. The van der Waals surface area contributed by atoms with E-state index in [0.717, 1.165) is 25.8 Å². The van der Waals surface area contributed by atoms with Crippen LogP contribution in [-0.2, 0) is 4.79 Å². The maximum absolute atomic E-state index is 13.0. The maximum atomic E-state index is 13.0. The van der Waals surface area contributed by atoms with Crippen LogP contribution in [0.4, 0.5) is 5.82 Å². The minimum atomic E-state index is -0.187. The molecule has 1 aliphatic heterocycles. The second-order valence-corrected chi connectivity index (χ2v) is 8.26. The van der Waals surface area contributed by atoms with Gasteiger partial charge in [-0.2, -0.15) is 0 Å². The highest BCUT2D eigenvalue weighted by Crippen LogP contribution is 2.52. The Hall–Kier alpha value is -1.91. The number of pyridine rings is 1. The first-order valence-corrected chi connectivity index (χ1v) is 8.22. The molecular weight excluding hydrogens is 290 g/mol. The van der Waals surface area contributed by atoms with Crippen LogP contribution in [0.25, 0.3) is 0 Å². The van der Waals surface area contributed by atoms with Crippen molar-refractivity contribution in [2.24, 2.45) is 10.8 Å². The van der Waals surface area contributed by atoms with E-state index in [1.807, 2.05) is 4.90 Å². The Kier molecular flexibility index (Phi) is 3.69. The SMILES string of the molecule is CC(=O)Nc1cc(C(=O)N2CC3(C)CC2CC(C)(C)C3)ccn1. The minimum Gasteiger partial charge on any atom is -0.335 e. The predicted octanol–water partition coefficient (Wildman–Crippen LogP) is 3.08. The summed E-state index contributed by atoms with van der Waals surface area (Å²) < 4.78 is 0. The second kappa shape index (κ2) is 5.32. The molecule has 1 aliphatic carbocycles. The van der Waals surface area contributed by atoms with E-state index in [1.165, 1.54) is 6.92 Å². The van der Waals surface area contributed by atoms with E-state index in [4.69, 9.17) is 0 Å². The number of rotatable bonds is 2. The largest absolute Gasteiger partial charge is 0.335 e. The van der Waals surface area contributed by atoms with E-state index in [-0.39, 0.29) is 22.6 Å². The highest BCUT2D eigenvalue weighted by atomic mass is 16.2. The standard InChI is InChI=1S/C18H25N3O2/c1-12(22)20-15-7-13(5-6-19-15)16(23)21-11-18(4)9-14(21)8-17(2,3)10-18/h5-7,14H,8-11H2,1-4H3,(H,19,20,22). The first-order valence-electron chi connectivity index (χ1n) is 8.22. The zero-order chi connectivity index (χ0) is 16.8. The first-order chi connectivity index (χ1) is 10.7. The molecule has 1 aromatic heterocycles. The highest BCUT2D eigenvalue weighted by Gasteiger charge is 2.51. The molecule has 1 saturated heterocycles. The Bertz CT molecular complexity index is 655. The van der Waals surface area contributed by atoms with Gasteiger partial charge in [-0.1, -0.05) is 20.8 Å². The number of hydrogen-bond acceptors (Lipinski definition) is 3. The molecule has 0 spiro atoms. The van der Waals surface area contributed by atoms with Gasteiger partial charge in [0.25, 0.3) is 5.91 Å². The number of amides is 2. The third-order valence-electron chi connectivity index (χ3n) is 4.99. The molecule has 23 heavy (non-hydrogen) atoms. The molecule has 124 valence electrons. The van der Waals surface area contributed by atoms with Crippen LogP contribution >= 0.6 is 0 Å². The summed E-state index contributed by atoms with van der Waals surface area (Å²) in [4.78, 5) is 30.3. The van der Waals surface area contributed by atoms with Crippen LogP contribution in [0.3, 0.4) is 0 Å². The van der Waals surface area contributed by atoms with Gasteiger partial charge in [0.15, 0.2) is 0 Å². The van der Waals surface area contributed by atoms with E-state index in [0.29, 0.717) is 17.4 Å². The van der Waals surface area contributed by atoms with E-state index in [1.54, 1.807) is 18.3 Å². The molecule has 2 atom stereocenters. The van der Waals surface area contributed by atoms with Crippen LogP contribution in [0.1, 0.15) is 57.3 Å². The summed E-state index contributed by atoms with van der Waals surface area (Å²) in [5.41, 5.74) is 1.10. The molecule has 3 rings (SSSR count). The van der Waals surface area contributed by atoms with Crippen molar-refractivity contribution in [1.29, 1.82) is 0 Å². The molecule has 2 amide bonds. The average molecular weight is 315 g/mol. The van der Waals surface area contributed by atoms with Gasteiger partial charge in [0, 0.05) is 31.3 Å². The number of nitrogens with one attached hydrogen (secondary N) is 1. The summed E-state index contributed by atoms with van der Waals surface area (Å²) in [6, 6.07) is 3.71. The monoisotopic (exact) mass is 315 g/mol. The van der Waals surface area contributed by atoms with Gasteiger partial charge >= 0.3 is 0 Å².